The van der Waals surface area contributed by atoms with Gasteiger partial charge in [0, 0.05) is 0 Å². The highest BCUT2D eigenvalue weighted by molar-refractivity contribution is 7.08. The molecule has 0 heterocycles. The summed E-state index contributed by atoms with van der Waals surface area (Å²) in [5, 5.41) is 9.04. The van der Waals surface area contributed by atoms with Crippen LogP contribution in [0.1, 0.15) is 27.7 Å². The van der Waals surface area contributed by atoms with Gasteiger partial charge < -0.3 is 14.5 Å². The van der Waals surface area contributed by atoms with Crippen molar-refractivity contribution in [1.82, 2.24) is 0 Å². The number of ether oxygens (including phenoxy) is 1. The molecule has 0 aliphatic heterocycles. The maximum absolute atomic E-state index is 9.04. The van der Waals surface area contributed by atoms with Gasteiger partial charge in [-0.1, -0.05) is 13.6 Å². The van der Waals surface area contributed by atoms with E-state index in [1.165, 1.54) is 0 Å². The van der Waals surface area contributed by atoms with Gasteiger partial charge in [0.15, 0.2) is 0 Å². The van der Waals surface area contributed by atoms with Crippen molar-refractivity contribution < 1.29 is 14.5 Å². The second-order valence-corrected chi connectivity index (χ2v) is 5.46. The third-order valence-corrected chi connectivity index (χ3v) is 1.85. The molecule has 87 valence electrons. The standard InChI is InChI=1S/C10H23B2O3/c1-9(2,7-13)14-8-10(3,4)15-11-12(5)6/h13H,7-8H2,1-6H3. The lowest BCUT2D eigenvalue weighted by atomic mass is 9.32. The van der Waals surface area contributed by atoms with Gasteiger partial charge in [0.25, 0.3) is 0 Å². The van der Waals surface area contributed by atoms with E-state index < -0.39 is 5.60 Å². The second kappa shape index (κ2) is 5.92. The fourth-order valence-electron chi connectivity index (χ4n) is 0.769. The lowest BCUT2D eigenvalue weighted by molar-refractivity contribution is -0.100. The van der Waals surface area contributed by atoms with Crippen molar-refractivity contribution in [3.63, 3.8) is 0 Å². The molecule has 0 rings (SSSR count). The maximum atomic E-state index is 9.04. The van der Waals surface area contributed by atoms with Crippen LogP contribution in [0.2, 0.25) is 13.6 Å². The minimum Gasteiger partial charge on any atom is -0.444 e. The lowest BCUT2D eigenvalue weighted by Gasteiger charge is -2.31. The molecule has 0 saturated carbocycles. The zero-order chi connectivity index (χ0) is 12.1. The first kappa shape index (κ1) is 15.0. The van der Waals surface area contributed by atoms with Crippen molar-refractivity contribution in [3.8, 4) is 0 Å². The van der Waals surface area contributed by atoms with Crippen LogP contribution >= 0.6 is 0 Å². The average molecular weight is 213 g/mol. The van der Waals surface area contributed by atoms with Gasteiger partial charge in [-0.2, -0.15) is 0 Å². The molecule has 0 saturated heterocycles. The van der Waals surface area contributed by atoms with Gasteiger partial charge in [-0.05, 0) is 27.7 Å². The van der Waals surface area contributed by atoms with Crippen molar-refractivity contribution in [2.24, 2.45) is 0 Å². The molecule has 0 aliphatic rings. The summed E-state index contributed by atoms with van der Waals surface area (Å²) in [4.78, 5) is 0. The topological polar surface area (TPSA) is 38.7 Å². The molecule has 0 aliphatic carbocycles. The monoisotopic (exact) mass is 213 g/mol. The van der Waals surface area contributed by atoms with Crippen molar-refractivity contribution in [1.29, 1.82) is 0 Å². The summed E-state index contributed by atoms with van der Waals surface area (Å²) in [6.45, 7) is 12.7. The first-order valence-electron chi connectivity index (χ1n) is 5.44. The summed E-state index contributed by atoms with van der Waals surface area (Å²) in [6.07, 6.45) is 0. The smallest absolute Gasteiger partial charge is 0.250 e. The summed E-state index contributed by atoms with van der Waals surface area (Å²) in [7, 11) is 1.81. The van der Waals surface area contributed by atoms with Gasteiger partial charge in [-0.15, -0.1) is 0 Å². The predicted octanol–water partition coefficient (Wildman–Crippen LogP) is 1.44. The zero-order valence-electron chi connectivity index (χ0n) is 10.8. The largest absolute Gasteiger partial charge is 0.444 e. The molecule has 1 N–H and O–H groups in total. The molecule has 1 radical (unpaired) electrons. The Labute approximate surface area is 94.9 Å². The zero-order valence-corrected chi connectivity index (χ0v) is 10.8. The van der Waals surface area contributed by atoms with Crippen molar-refractivity contribution in [2.75, 3.05) is 13.2 Å². The van der Waals surface area contributed by atoms with Crippen molar-refractivity contribution >= 4 is 14.0 Å². The Morgan fingerprint density at radius 3 is 2.07 bits per heavy atom. The van der Waals surface area contributed by atoms with Crippen molar-refractivity contribution in [2.45, 2.75) is 52.5 Å². The summed E-state index contributed by atoms with van der Waals surface area (Å²) in [6, 6.07) is 0. The van der Waals surface area contributed by atoms with Crippen LogP contribution in [0, 0.1) is 0 Å². The van der Waals surface area contributed by atoms with E-state index in [1.807, 2.05) is 35.1 Å². The van der Waals surface area contributed by atoms with E-state index in [0.717, 1.165) is 0 Å². The highest BCUT2D eigenvalue weighted by atomic mass is 16.5. The molecule has 0 fully saturated rings. The van der Waals surface area contributed by atoms with Crippen LogP contribution in [0.3, 0.4) is 0 Å². The van der Waals surface area contributed by atoms with Gasteiger partial charge in [0.1, 0.15) is 6.60 Å². The van der Waals surface area contributed by atoms with E-state index in [-0.39, 0.29) is 12.2 Å². The van der Waals surface area contributed by atoms with E-state index in [2.05, 4.69) is 13.6 Å². The minimum absolute atomic E-state index is 0.0109. The Kier molecular flexibility index (Phi) is 5.93. The van der Waals surface area contributed by atoms with Crippen LogP contribution in [0.4, 0.5) is 0 Å². The Morgan fingerprint density at radius 1 is 1.13 bits per heavy atom. The Bertz CT molecular complexity index is 182. The van der Waals surface area contributed by atoms with Gasteiger partial charge in [-0.25, -0.2) is 0 Å². The molecule has 0 amide bonds. The van der Waals surface area contributed by atoms with E-state index in [0.29, 0.717) is 13.2 Å². The number of hydrogen-bond acceptors (Lipinski definition) is 3. The van der Waals surface area contributed by atoms with Crippen LogP contribution in [0.25, 0.3) is 0 Å². The molecule has 0 unspecified atom stereocenters. The van der Waals surface area contributed by atoms with Gasteiger partial charge in [0.05, 0.1) is 24.4 Å². The van der Waals surface area contributed by atoms with E-state index >= 15 is 0 Å². The molecular formula is C10H23B2O3. The highest BCUT2D eigenvalue weighted by Gasteiger charge is 2.25. The SMILES string of the molecule is CB(C)[B]OC(C)(C)COC(C)(C)CO. The summed E-state index contributed by atoms with van der Waals surface area (Å²) in [5.41, 5.74) is -0.852. The summed E-state index contributed by atoms with van der Waals surface area (Å²) < 4.78 is 11.2. The molecule has 0 bridgehead atoms. The van der Waals surface area contributed by atoms with Crippen LogP contribution < -0.4 is 0 Å². The molecule has 0 aromatic heterocycles. The number of rotatable bonds is 7. The molecule has 3 nitrogen and oxygen atoms in total. The van der Waals surface area contributed by atoms with E-state index in [4.69, 9.17) is 14.5 Å². The first-order valence-corrected chi connectivity index (χ1v) is 5.44. The number of aliphatic hydroxyl groups is 1. The fourth-order valence-corrected chi connectivity index (χ4v) is 0.769. The molecule has 15 heavy (non-hydrogen) atoms. The van der Waals surface area contributed by atoms with Gasteiger partial charge in [-0.3, -0.25) is 0 Å². The predicted molar refractivity (Wildman–Crippen MR) is 65.5 cm³/mol. The van der Waals surface area contributed by atoms with Crippen LogP contribution in [0.5, 0.6) is 0 Å². The molecule has 0 atom stereocenters. The third-order valence-electron chi connectivity index (χ3n) is 1.85. The molecule has 0 aromatic carbocycles. The quantitative estimate of drug-likeness (QED) is 0.650. The van der Waals surface area contributed by atoms with Crippen molar-refractivity contribution in [3.05, 3.63) is 0 Å². The minimum atomic E-state index is -0.502. The summed E-state index contributed by atoms with van der Waals surface area (Å²) >= 11 is 0. The number of hydrogen-bond donors (Lipinski definition) is 1. The molecular weight excluding hydrogens is 190 g/mol. The Morgan fingerprint density at radius 2 is 1.67 bits per heavy atom. The van der Waals surface area contributed by atoms with Gasteiger partial charge >= 0.3 is 0 Å². The second-order valence-electron chi connectivity index (χ2n) is 5.46. The fraction of sp³-hybridized carbons (Fsp3) is 1.00. The van der Waals surface area contributed by atoms with Crippen LogP contribution in [-0.2, 0) is 9.39 Å². The molecule has 0 spiro atoms. The summed E-state index contributed by atoms with van der Waals surface area (Å²) in [5.74, 6) is 0. The van der Waals surface area contributed by atoms with E-state index in [9.17, 15) is 0 Å². The maximum Gasteiger partial charge on any atom is 0.250 e. The van der Waals surface area contributed by atoms with Gasteiger partial charge in [0.2, 0.25) is 7.37 Å². The Balaban J connectivity index is 3.93. The van der Waals surface area contributed by atoms with E-state index in [1.54, 1.807) is 0 Å². The molecule has 0 aromatic rings. The normalized spacial score (nSPS) is 12.7. The highest BCUT2D eigenvalue weighted by Crippen LogP contribution is 2.15. The Hall–Kier alpha value is 0.00987. The third kappa shape index (κ3) is 7.88. The molecule has 5 heteroatoms. The average Bonchev–Trinajstić information content (AvgIpc) is 2.13. The first-order chi connectivity index (χ1) is 6.68. The number of aliphatic hydroxyl groups excluding tert-OH is 1. The van der Waals surface area contributed by atoms with Crippen LogP contribution in [0.15, 0.2) is 0 Å². The lowest BCUT2D eigenvalue weighted by Crippen LogP contribution is -2.40. The van der Waals surface area contributed by atoms with Crippen LogP contribution in [-0.4, -0.2) is 43.5 Å².